The Morgan fingerprint density at radius 1 is 0.440 bits per heavy atom. The number of furan rings is 1. The van der Waals surface area contributed by atoms with Gasteiger partial charge in [-0.2, -0.15) is 0 Å². The third-order valence-corrected chi connectivity index (χ3v) is 10.2. The van der Waals surface area contributed by atoms with Gasteiger partial charge in [0.05, 0.1) is 11.4 Å². The molecular weight excluding hydrogens is 611 g/mol. The smallest absolute Gasteiger partial charge is 0.236 e. The van der Waals surface area contributed by atoms with Crippen LogP contribution >= 0.6 is 0 Å². The van der Waals surface area contributed by atoms with Gasteiger partial charge in [-0.05, 0) is 80.0 Å². The Morgan fingerprint density at radius 3 is 1.94 bits per heavy atom. The minimum absolute atomic E-state index is 0.608. The molecule has 0 amide bonds. The summed E-state index contributed by atoms with van der Waals surface area (Å²) in [5.41, 5.74) is 10.8. The van der Waals surface area contributed by atoms with Gasteiger partial charge in [0.25, 0.3) is 0 Å². The summed E-state index contributed by atoms with van der Waals surface area (Å²) in [6.45, 7) is 0. The Bertz CT molecular complexity index is 2990. The first-order valence-corrected chi connectivity index (χ1v) is 16.9. The fourth-order valence-corrected chi connectivity index (χ4v) is 7.77. The van der Waals surface area contributed by atoms with E-state index < -0.39 is 0 Å². The highest BCUT2D eigenvalue weighted by Gasteiger charge is 2.30. The molecule has 0 N–H and O–H groups in total. The third-order valence-electron chi connectivity index (χ3n) is 10.2. The van der Waals surface area contributed by atoms with Crippen LogP contribution in [0.15, 0.2) is 168 Å². The van der Waals surface area contributed by atoms with Crippen molar-refractivity contribution in [2.45, 2.75) is 0 Å². The summed E-state index contributed by atoms with van der Waals surface area (Å²) in [4.78, 5) is 13.0. The minimum atomic E-state index is 0.608. The van der Waals surface area contributed by atoms with Crippen LogP contribution in [0.5, 0.6) is 0 Å². The van der Waals surface area contributed by atoms with Crippen molar-refractivity contribution in [3.8, 4) is 33.5 Å². The first-order chi connectivity index (χ1) is 24.8. The van der Waals surface area contributed by atoms with Crippen LogP contribution in [0.3, 0.4) is 0 Å². The maximum absolute atomic E-state index is 6.54. The molecule has 0 saturated carbocycles. The summed E-state index contributed by atoms with van der Waals surface area (Å²) >= 11 is 0. The van der Waals surface area contributed by atoms with Gasteiger partial charge in [0.15, 0.2) is 5.58 Å². The van der Waals surface area contributed by atoms with E-state index in [2.05, 4.69) is 150 Å². The molecule has 8 aromatic carbocycles. The molecule has 4 heteroatoms. The molecule has 1 aliphatic heterocycles. The van der Waals surface area contributed by atoms with E-state index in [1.807, 2.05) is 18.2 Å². The van der Waals surface area contributed by atoms with E-state index in [-0.39, 0.29) is 0 Å². The summed E-state index contributed by atoms with van der Waals surface area (Å²) in [5.74, 6) is 0.608. The van der Waals surface area contributed by atoms with Crippen LogP contribution in [-0.2, 0) is 0 Å². The van der Waals surface area contributed by atoms with E-state index in [9.17, 15) is 0 Å². The Balaban J connectivity index is 1.16. The Kier molecular flexibility index (Phi) is 5.63. The lowest BCUT2D eigenvalue weighted by atomic mass is 9.89. The number of fused-ring (bicyclic) bond motifs is 7. The maximum atomic E-state index is 6.54. The fourth-order valence-electron chi connectivity index (χ4n) is 7.77. The second-order valence-corrected chi connectivity index (χ2v) is 13.0. The molecule has 0 atom stereocenters. The number of nitrogens with zero attached hydrogens (tertiary/aromatic N) is 3. The number of anilines is 3. The molecule has 11 rings (SSSR count). The van der Waals surface area contributed by atoms with Crippen LogP contribution in [0.4, 0.5) is 17.3 Å². The molecule has 2 aromatic heterocycles. The van der Waals surface area contributed by atoms with Gasteiger partial charge in [0.1, 0.15) is 16.8 Å². The van der Waals surface area contributed by atoms with Crippen molar-refractivity contribution < 1.29 is 4.42 Å². The third kappa shape index (κ3) is 3.99. The zero-order valence-corrected chi connectivity index (χ0v) is 26.8. The second kappa shape index (κ2) is 10.4. The first kappa shape index (κ1) is 27.2. The van der Waals surface area contributed by atoms with Crippen molar-refractivity contribution in [2.75, 3.05) is 4.90 Å². The summed E-state index contributed by atoms with van der Waals surface area (Å²) < 4.78 is 6.54. The van der Waals surface area contributed by atoms with E-state index in [0.29, 0.717) is 11.5 Å². The van der Waals surface area contributed by atoms with E-state index in [1.165, 1.54) is 43.4 Å². The number of rotatable bonds is 3. The number of benzene rings is 8. The number of aromatic nitrogens is 2. The molecule has 0 saturated heterocycles. The number of hydrogen-bond acceptors (Lipinski definition) is 4. The standard InChI is InChI=1S/C46H27N3O/c1-2-10-32-25-35(24-21-28(32)9-1)29-19-22-31(23-20-29)43-45-44(37-15-5-6-18-41(37)50-45)48-46(47-43)49-39-17-8-14-30-13-7-16-36(42(30)39)38-26-33-11-3-4-12-34(33)27-40(38)49/h1-27H. The second-order valence-electron chi connectivity index (χ2n) is 13.0. The molecule has 50 heavy (non-hydrogen) atoms. The summed E-state index contributed by atoms with van der Waals surface area (Å²) in [7, 11) is 0. The van der Waals surface area contributed by atoms with Crippen LogP contribution in [0.25, 0.3) is 87.9 Å². The molecule has 232 valence electrons. The van der Waals surface area contributed by atoms with Crippen molar-refractivity contribution in [3.05, 3.63) is 164 Å². The summed E-state index contributed by atoms with van der Waals surface area (Å²) in [5, 5.41) is 8.18. The zero-order valence-electron chi connectivity index (χ0n) is 26.8. The monoisotopic (exact) mass is 637 g/mol. The lowest BCUT2D eigenvalue weighted by Crippen LogP contribution is -2.18. The van der Waals surface area contributed by atoms with Gasteiger partial charge in [0, 0.05) is 21.9 Å². The van der Waals surface area contributed by atoms with E-state index in [1.54, 1.807) is 0 Å². The minimum Gasteiger partial charge on any atom is -0.452 e. The van der Waals surface area contributed by atoms with Crippen LogP contribution in [0.1, 0.15) is 0 Å². The summed E-state index contributed by atoms with van der Waals surface area (Å²) in [6.07, 6.45) is 0. The van der Waals surface area contributed by atoms with Crippen LogP contribution in [0.2, 0.25) is 0 Å². The molecule has 0 spiro atoms. The molecule has 10 aromatic rings. The van der Waals surface area contributed by atoms with E-state index >= 15 is 0 Å². The van der Waals surface area contributed by atoms with Crippen molar-refractivity contribution >= 4 is 71.7 Å². The molecule has 0 radical (unpaired) electrons. The van der Waals surface area contributed by atoms with Crippen LogP contribution in [-0.4, -0.2) is 9.97 Å². The predicted octanol–water partition coefficient (Wildman–Crippen LogP) is 12.6. The van der Waals surface area contributed by atoms with E-state index in [4.69, 9.17) is 14.4 Å². The lowest BCUT2D eigenvalue weighted by molar-refractivity contribution is 0.667. The van der Waals surface area contributed by atoms with Gasteiger partial charge in [-0.25, -0.2) is 9.97 Å². The molecule has 0 fully saturated rings. The molecular formula is C46H27N3O. The number of hydrogen-bond donors (Lipinski definition) is 0. The molecule has 1 aliphatic rings. The quantitative estimate of drug-likeness (QED) is 0.193. The van der Waals surface area contributed by atoms with Crippen molar-refractivity contribution in [2.24, 2.45) is 0 Å². The summed E-state index contributed by atoms with van der Waals surface area (Å²) in [6, 6.07) is 58.1. The van der Waals surface area contributed by atoms with Gasteiger partial charge < -0.3 is 4.42 Å². The Morgan fingerprint density at radius 2 is 1.10 bits per heavy atom. The highest BCUT2D eigenvalue weighted by molar-refractivity contribution is 6.16. The number of para-hydroxylation sites is 1. The zero-order chi connectivity index (χ0) is 32.8. The van der Waals surface area contributed by atoms with Gasteiger partial charge >= 0.3 is 0 Å². The molecule has 0 bridgehead atoms. The molecule has 3 heterocycles. The van der Waals surface area contributed by atoms with Crippen molar-refractivity contribution in [1.29, 1.82) is 0 Å². The van der Waals surface area contributed by atoms with Gasteiger partial charge in [-0.3, -0.25) is 4.90 Å². The van der Waals surface area contributed by atoms with Crippen molar-refractivity contribution in [1.82, 2.24) is 9.97 Å². The highest BCUT2D eigenvalue weighted by Crippen LogP contribution is 2.52. The Hall–Kier alpha value is -6.78. The van der Waals surface area contributed by atoms with Gasteiger partial charge in [0.2, 0.25) is 5.95 Å². The maximum Gasteiger partial charge on any atom is 0.236 e. The SMILES string of the molecule is c1ccc2cc(-c3ccc(-c4nc(N5c6cc7ccccc7cc6-c6cccc7cccc5c67)nc5c4oc4ccccc45)cc3)ccc2c1. The van der Waals surface area contributed by atoms with Crippen LogP contribution in [0, 0.1) is 0 Å². The predicted molar refractivity (Wildman–Crippen MR) is 206 cm³/mol. The lowest BCUT2D eigenvalue weighted by Gasteiger charge is -2.32. The molecule has 4 nitrogen and oxygen atoms in total. The topological polar surface area (TPSA) is 42.2 Å². The van der Waals surface area contributed by atoms with Gasteiger partial charge in [-0.1, -0.05) is 127 Å². The van der Waals surface area contributed by atoms with Crippen molar-refractivity contribution in [3.63, 3.8) is 0 Å². The largest absolute Gasteiger partial charge is 0.452 e. The average Bonchev–Trinajstić information content (AvgIpc) is 3.56. The molecule has 0 unspecified atom stereocenters. The Labute approximate surface area is 287 Å². The fraction of sp³-hybridized carbons (Fsp3) is 0. The molecule has 0 aliphatic carbocycles. The highest BCUT2D eigenvalue weighted by atomic mass is 16.3. The van der Waals surface area contributed by atoms with Gasteiger partial charge in [-0.15, -0.1) is 0 Å². The first-order valence-electron chi connectivity index (χ1n) is 16.9. The normalized spacial score (nSPS) is 12.4. The average molecular weight is 638 g/mol. The van der Waals surface area contributed by atoms with E-state index in [0.717, 1.165) is 50.2 Å². The van der Waals surface area contributed by atoms with Crippen LogP contribution < -0.4 is 4.90 Å².